The van der Waals surface area contributed by atoms with Crippen LogP contribution in [0.3, 0.4) is 0 Å². The number of hydrogen-bond acceptors (Lipinski definition) is 6. The number of morpholine rings is 1. The molecule has 9 nitrogen and oxygen atoms in total. The number of carbonyl (C=O) groups excluding carboxylic acids is 1. The van der Waals surface area contributed by atoms with Crippen LogP contribution < -0.4 is 4.90 Å². The van der Waals surface area contributed by atoms with Gasteiger partial charge in [-0.05, 0) is 32.0 Å². The zero-order chi connectivity index (χ0) is 23.5. The highest BCUT2D eigenvalue weighted by Gasteiger charge is 2.25. The molecule has 1 saturated heterocycles. The van der Waals surface area contributed by atoms with Crippen LogP contribution in [0.4, 0.5) is 11.4 Å². The molecule has 4 rings (SSSR count). The Hall–Kier alpha value is -3.72. The lowest BCUT2D eigenvalue weighted by atomic mass is 10.1. The van der Waals surface area contributed by atoms with Gasteiger partial charge in [-0.2, -0.15) is 5.10 Å². The van der Waals surface area contributed by atoms with Crippen LogP contribution in [0.25, 0.3) is 5.69 Å². The first-order valence-corrected chi connectivity index (χ1v) is 10.8. The van der Waals surface area contributed by atoms with E-state index >= 15 is 0 Å². The lowest BCUT2D eigenvalue weighted by Gasteiger charge is -2.31. The third-order valence-corrected chi connectivity index (χ3v) is 5.96. The van der Waals surface area contributed by atoms with Gasteiger partial charge in [0, 0.05) is 50.1 Å². The molecule has 2 aromatic carbocycles. The predicted molar refractivity (Wildman–Crippen MR) is 125 cm³/mol. The molecule has 1 aliphatic heterocycles. The van der Waals surface area contributed by atoms with E-state index in [0.717, 1.165) is 22.6 Å². The Morgan fingerprint density at radius 1 is 1.15 bits per heavy atom. The number of carbonyl (C=O) groups is 1. The van der Waals surface area contributed by atoms with E-state index in [4.69, 9.17) is 4.74 Å². The van der Waals surface area contributed by atoms with E-state index in [1.807, 2.05) is 53.8 Å². The van der Waals surface area contributed by atoms with Gasteiger partial charge in [0.25, 0.3) is 11.6 Å². The van der Waals surface area contributed by atoms with Crippen molar-refractivity contribution in [3.8, 4) is 5.69 Å². The lowest BCUT2D eigenvalue weighted by molar-refractivity contribution is -0.384. The summed E-state index contributed by atoms with van der Waals surface area (Å²) in [6, 6.07) is 14.3. The molecule has 1 amide bonds. The molecule has 9 heteroatoms. The molecular weight excluding hydrogens is 422 g/mol. The summed E-state index contributed by atoms with van der Waals surface area (Å²) < 4.78 is 7.29. The molecule has 1 aromatic heterocycles. The van der Waals surface area contributed by atoms with E-state index in [1.165, 1.54) is 12.1 Å². The summed E-state index contributed by atoms with van der Waals surface area (Å²) >= 11 is 0. The quantitative estimate of drug-likeness (QED) is 0.422. The highest BCUT2D eigenvalue weighted by molar-refractivity contribution is 6.00. The summed E-state index contributed by atoms with van der Waals surface area (Å²) in [5, 5.41) is 16.0. The van der Waals surface area contributed by atoms with E-state index in [-0.39, 0.29) is 11.6 Å². The standard InChI is InChI=1S/C24H27N5O4/c1-17-22(18(2)28(25-17)19-7-5-4-6-8-19)16-26(3)24(30)21-15-20(29(31)32)9-10-23(21)27-11-13-33-14-12-27/h4-10,15H,11-14,16H2,1-3H3. The Kier molecular flexibility index (Phi) is 6.41. The summed E-state index contributed by atoms with van der Waals surface area (Å²) in [7, 11) is 1.71. The zero-order valence-electron chi connectivity index (χ0n) is 19.0. The first-order chi connectivity index (χ1) is 15.9. The van der Waals surface area contributed by atoms with Crippen molar-refractivity contribution in [3.63, 3.8) is 0 Å². The van der Waals surface area contributed by atoms with Crippen molar-refractivity contribution in [3.05, 3.63) is 81.2 Å². The summed E-state index contributed by atoms with van der Waals surface area (Å²) in [5.74, 6) is -0.272. The number of aromatic nitrogens is 2. The number of nitrogens with zero attached hydrogens (tertiary/aromatic N) is 5. The molecular formula is C24H27N5O4. The van der Waals surface area contributed by atoms with Crippen LogP contribution in [-0.4, -0.2) is 58.9 Å². The van der Waals surface area contributed by atoms with Crippen molar-refractivity contribution >= 4 is 17.3 Å². The number of amides is 1. The molecule has 0 radical (unpaired) electrons. The first kappa shape index (κ1) is 22.5. The predicted octanol–water partition coefficient (Wildman–Crippen LogP) is 3.51. The van der Waals surface area contributed by atoms with Crippen LogP contribution in [0, 0.1) is 24.0 Å². The molecule has 172 valence electrons. The van der Waals surface area contributed by atoms with Gasteiger partial charge in [0.1, 0.15) is 0 Å². The molecule has 0 bridgehead atoms. The van der Waals surface area contributed by atoms with Gasteiger partial charge < -0.3 is 14.5 Å². The average molecular weight is 450 g/mol. The minimum Gasteiger partial charge on any atom is -0.378 e. The van der Waals surface area contributed by atoms with Crippen molar-refractivity contribution < 1.29 is 14.5 Å². The molecule has 2 heterocycles. The second-order valence-corrected chi connectivity index (χ2v) is 8.12. The van der Waals surface area contributed by atoms with Crippen LogP contribution in [-0.2, 0) is 11.3 Å². The molecule has 1 aliphatic rings. The molecule has 0 spiro atoms. The van der Waals surface area contributed by atoms with Crippen molar-refractivity contribution in [2.75, 3.05) is 38.3 Å². The number of nitro benzene ring substituents is 1. The van der Waals surface area contributed by atoms with Gasteiger partial charge in [0.2, 0.25) is 0 Å². The summed E-state index contributed by atoms with van der Waals surface area (Å²) in [6.45, 7) is 6.61. The smallest absolute Gasteiger partial charge is 0.270 e. The fraction of sp³-hybridized carbons (Fsp3) is 0.333. The first-order valence-electron chi connectivity index (χ1n) is 10.8. The van der Waals surface area contributed by atoms with Gasteiger partial charge in [-0.15, -0.1) is 0 Å². The molecule has 0 atom stereocenters. The minimum atomic E-state index is -0.474. The summed E-state index contributed by atoms with van der Waals surface area (Å²) in [6.07, 6.45) is 0. The number of aryl methyl sites for hydroxylation is 1. The summed E-state index contributed by atoms with van der Waals surface area (Å²) in [5.41, 5.74) is 4.59. The molecule has 1 fully saturated rings. The number of hydrogen-bond donors (Lipinski definition) is 0. The maximum Gasteiger partial charge on any atom is 0.270 e. The van der Waals surface area contributed by atoms with Crippen molar-refractivity contribution in [1.29, 1.82) is 0 Å². The monoisotopic (exact) mass is 449 g/mol. The number of benzene rings is 2. The minimum absolute atomic E-state index is 0.104. The normalized spacial score (nSPS) is 13.7. The van der Waals surface area contributed by atoms with Gasteiger partial charge in [0.05, 0.1) is 40.8 Å². The topological polar surface area (TPSA) is 93.7 Å². The Labute approximate surface area is 192 Å². The van der Waals surface area contributed by atoms with Crippen LogP contribution in [0.1, 0.15) is 27.3 Å². The number of para-hydroxylation sites is 1. The highest BCUT2D eigenvalue weighted by Crippen LogP contribution is 2.28. The van der Waals surface area contributed by atoms with Gasteiger partial charge in [-0.3, -0.25) is 14.9 Å². The maximum absolute atomic E-state index is 13.5. The Bertz CT molecular complexity index is 1170. The second-order valence-electron chi connectivity index (χ2n) is 8.12. The van der Waals surface area contributed by atoms with E-state index < -0.39 is 4.92 Å². The highest BCUT2D eigenvalue weighted by atomic mass is 16.6. The van der Waals surface area contributed by atoms with E-state index in [2.05, 4.69) is 5.10 Å². The lowest BCUT2D eigenvalue weighted by Crippen LogP contribution is -2.38. The fourth-order valence-electron chi connectivity index (χ4n) is 4.13. The Balaban J connectivity index is 1.64. The molecule has 3 aromatic rings. The van der Waals surface area contributed by atoms with Crippen molar-refractivity contribution in [1.82, 2.24) is 14.7 Å². The SMILES string of the molecule is Cc1nn(-c2ccccc2)c(C)c1CN(C)C(=O)c1cc([N+](=O)[O-])ccc1N1CCOCC1. The second kappa shape index (κ2) is 9.41. The third kappa shape index (κ3) is 4.58. The molecule has 0 unspecified atom stereocenters. The van der Waals surface area contributed by atoms with Gasteiger partial charge >= 0.3 is 0 Å². The van der Waals surface area contributed by atoms with E-state index in [0.29, 0.717) is 44.1 Å². The number of ether oxygens (including phenoxy) is 1. The van der Waals surface area contributed by atoms with Gasteiger partial charge in [-0.1, -0.05) is 18.2 Å². The van der Waals surface area contributed by atoms with Crippen molar-refractivity contribution in [2.45, 2.75) is 20.4 Å². The number of nitro groups is 1. The fourth-order valence-corrected chi connectivity index (χ4v) is 4.13. The van der Waals surface area contributed by atoms with Gasteiger partial charge in [0.15, 0.2) is 0 Å². The average Bonchev–Trinajstić information content (AvgIpc) is 3.12. The summed E-state index contributed by atoms with van der Waals surface area (Å²) in [4.78, 5) is 28.1. The molecule has 0 N–H and O–H groups in total. The largest absolute Gasteiger partial charge is 0.378 e. The van der Waals surface area contributed by atoms with Crippen LogP contribution in [0.5, 0.6) is 0 Å². The third-order valence-electron chi connectivity index (χ3n) is 5.96. The van der Waals surface area contributed by atoms with Gasteiger partial charge in [-0.25, -0.2) is 4.68 Å². The van der Waals surface area contributed by atoms with Crippen LogP contribution in [0.2, 0.25) is 0 Å². The molecule has 33 heavy (non-hydrogen) atoms. The van der Waals surface area contributed by atoms with Crippen LogP contribution >= 0.6 is 0 Å². The Morgan fingerprint density at radius 2 is 1.85 bits per heavy atom. The maximum atomic E-state index is 13.5. The zero-order valence-corrected chi connectivity index (χ0v) is 19.0. The van der Waals surface area contributed by atoms with Crippen molar-refractivity contribution in [2.24, 2.45) is 0 Å². The van der Waals surface area contributed by atoms with E-state index in [9.17, 15) is 14.9 Å². The number of rotatable bonds is 6. The number of anilines is 1. The molecule has 0 saturated carbocycles. The van der Waals surface area contributed by atoms with E-state index in [1.54, 1.807) is 18.0 Å². The van der Waals surface area contributed by atoms with Crippen LogP contribution in [0.15, 0.2) is 48.5 Å². The number of non-ortho nitro benzene ring substituents is 1. The Morgan fingerprint density at radius 3 is 2.52 bits per heavy atom. The molecule has 0 aliphatic carbocycles.